The maximum Gasteiger partial charge on any atom is 0.417 e. The van der Waals surface area contributed by atoms with Crippen LogP contribution >= 0.6 is 11.6 Å². The zero-order chi connectivity index (χ0) is 66.1. The summed E-state index contributed by atoms with van der Waals surface area (Å²) in [6.07, 6.45) is 2.14. The molecule has 3 aliphatic heterocycles. The van der Waals surface area contributed by atoms with Gasteiger partial charge in [0, 0.05) is 60.8 Å². The average molecular weight is 1270 g/mol. The fourth-order valence-corrected chi connectivity index (χ4v) is 13.5. The van der Waals surface area contributed by atoms with Gasteiger partial charge in [-0.05, 0) is 108 Å². The Hall–Kier alpha value is -6.53. The van der Waals surface area contributed by atoms with Crippen LogP contribution in [0.1, 0.15) is 162 Å². The molecule has 2 saturated carbocycles. The zero-order valence-corrected chi connectivity index (χ0v) is 54.7. The number of rotatable bonds is 8. The number of halogens is 4. The number of alkyl halides is 3. The molecule has 2 aliphatic carbocycles. The summed E-state index contributed by atoms with van der Waals surface area (Å²) >= 11 is 6.12. The predicted molar refractivity (Wildman–Crippen MR) is 326 cm³/mol. The van der Waals surface area contributed by atoms with E-state index >= 15 is 4.79 Å². The molecule has 496 valence electrons. The Morgan fingerprint density at radius 1 is 0.640 bits per heavy atom. The van der Waals surface area contributed by atoms with E-state index in [-0.39, 0.29) is 70.4 Å². The third-order valence-corrected chi connectivity index (χ3v) is 19.8. The fourth-order valence-electron chi connectivity index (χ4n) is 13.2. The molecule has 0 bridgehead atoms. The van der Waals surface area contributed by atoms with E-state index in [2.05, 4.69) is 21.3 Å². The molecule has 1 aromatic carbocycles. The molecule has 4 N–H and O–H groups in total. The maximum absolute atomic E-state index is 15.1. The lowest BCUT2D eigenvalue weighted by molar-refractivity contribution is -0.157. The number of hydrogen-bond donors (Lipinski definition) is 4. The summed E-state index contributed by atoms with van der Waals surface area (Å²) in [4.78, 5) is 168. The van der Waals surface area contributed by atoms with Gasteiger partial charge in [-0.2, -0.15) is 13.2 Å². The van der Waals surface area contributed by atoms with Crippen molar-refractivity contribution in [3.63, 3.8) is 0 Å². The van der Waals surface area contributed by atoms with E-state index < -0.39 is 160 Å². The Labute approximate surface area is 526 Å². The van der Waals surface area contributed by atoms with Crippen molar-refractivity contribution < 1.29 is 65.9 Å². The van der Waals surface area contributed by atoms with Gasteiger partial charge in [0.1, 0.15) is 53.9 Å². The van der Waals surface area contributed by atoms with Crippen molar-refractivity contribution >= 4 is 76.6 Å². The first-order chi connectivity index (χ1) is 41.7. The van der Waals surface area contributed by atoms with Crippen LogP contribution in [0.5, 0.6) is 0 Å². The second kappa shape index (κ2) is 30.5. The van der Waals surface area contributed by atoms with Gasteiger partial charge < -0.3 is 55.6 Å². The van der Waals surface area contributed by atoms with Crippen LogP contribution in [-0.4, -0.2) is 214 Å². The first-order valence-corrected chi connectivity index (χ1v) is 32.1. The first-order valence-electron chi connectivity index (χ1n) is 31.7. The Morgan fingerprint density at radius 3 is 1.84 bits per heavy atom. The third-order valence-electron chi connectivity index (χ3n) is 19.5. The third kappa shape index (κ3) is 16.9. The molecular formula is C63H95ClF3N11O11. The lowest BCUT2D eigenvalue weighted by Crippen LogP contribution is -2.65. The minimum atomic E-state index is -4.75. The molecule has 0 aromatic heterocycles. The van der Waals surface area contributed by atoms with E-state index in [4.69, 9.17) is 11.6 Å². The van der Waals surface area contributed by atoms with Crippen molar-refractivity contribution in [3.8, 4) is 0 Å². The van der Waals surface area contributed by atoms with Crippen molar-refractivity contribution in [1.82, 2.24) is 55.6 Å². The van der Waals surface area contributed by atoms with Gasteiger partial charge in [-0.15, -0.1) is 0 Å². The molecule has 10 atom stereocenters. The van der Waals surface area contributed by atoms with Crippen molar-refractivity contribution in [2.24, 2.45) is 17.8 Å². The number of nitrogens with zero attached hydrogens (tertiary/aromatic N) is 7. The molecule has 1 spiro atoms. The van der Waals surface area contributed by atoms with Gasteiger partial charge in [0.2, 0.25) is 65.0 Å². The molecule has 89 heavy (non-hydrogen) atoms. The van der Waals surface area contributed by atoms with Crippen molar-refractivity contribution in [1.29, 1.82) is 0 Å². The monoisotopic (exact) mass is 1270 g/mol. The Morgan fingerprint density at radius 2 is 1.26 bits per heavy atom. The highest BCUT2D eigenvalue weighted by atomic mass is 35.5. The average Bonchev–Trinajstić information content (AvgIpc) is 2.94. The maximum atomic E-state index is 15.1. The largest absolute Gasteiger partial charge is 0.417 e. The summed E-state index contributed by atoms with van der Waals surface area (Å²) in [5.74, 6) is -7.53. The molecule has 26 heteroatoms. The Balaban J connectivity index is 1.36. The lowest BCUT2D eigenvalue weighted by atomic mass is 9.84. The molecule has 1 unspecified atom stereocenters. The van der Waals surface area contributed by atoms with Crippen molar-refractivity contribution in [2.75, 3.05) is 54.9 Å². The molecule has 11 amide bonds. The van der Waals surface area contributed by atoms with Gasteiger partial charge >= 0.3 is 6.18 Å². The first kappa shape index (κ1) is 71.5. The van der Waals surface area contributed by atoms with Gasteiger partial charge in [0.05, 0.1) is 17.1 Å². The number of aryl methyl sites for hydroxylation is 1. The van der Waals surface area contributed by atoms with Gasteiger partial charge in [-0.1, -0.05) is 96.7 Å². The molecule has 0 radical (unpaired) electrons. The quantitative estimate of drug-likeness (QED) is 0.278. The summed E-state index contributed by atoms with van der Waals surface area (Å²) in [6, 6.07) is -6.84. The van der Waals surface area contributed by atoms with E-state index in [9.17, 15) is 61.1 Å². The van der Waals surface area contributed by atoms with E-state index in [0.717, 1.165) is 44.2 Å². The number of likely N-dealkylation sites (N-methyl/N-ethyl adjacent to an activating group) is 5. The number of carbonyl (C=O) groups excluding carboxylic acids is 11. The van der Waals surface area contributed by atoms with Gasteiger partial charge in [0.25, 0.3) is 0 Å². The standard InChI is InChI=1S/C63H95ClF3N11O11/c1-13-37(4)51-60(88)78-31-27-47(78)58(86)72(8)35-50(80)75(11)48(34-41-20-15-14-16-21-41)59(87)74(10)40(7)53(81)69-45(26-24-42-23-25-43(44(64)33-42)63(65,66)67)57(85)77-30-19-22-46(77)55(83)71-62(28-17-18-29-62)61(89)76(12)52(36(2)3)56(84)68-38(5)32-49(79)73(9)39(6)54(82)70-51/h23,25,33,36-41,45-48,51-52H,13-22,24,26-32,34-35H2,1-12H3,(H,68,84)(H,69,81)(H,70,82)(H,71,83)/t37?,38-,39+,40-,45+,46+,47+,48+,51+,52+/m1/s1. The lowest BCUT2D eigenvalue weighted by Gasteiger charge is -2.44. The van der Waals surface area contributed by atoms with Crippen LogP contribution in [0, 0.1) is 17.8 Å². The highest BCUT2D eigenvalue weighted by Gasteiger charge is 2.50. The molecule has 5 aliphatic rings. The Kier molecular flexibility index (Phi) is 24.5. The topological polar surface area (TPSA) is 259 Å². The normalized spacial score (nSPS) is 28.6. The van der Waals surface area contributed by atoms with Crippen LogP contribution in [-0.2, 0) is 65.3 Å². The Bertz CT molecular complexity index is 2800. The van der Waals surface area contributed by atoms with E-state index in [1.54, 1.807) is 27.7 Å². The van der Waals surface area contributed by atoms with Crippen LogP contribution in [0.3, 0.4) is 0 Å². The summed E-state index contributed by atoms with van der Waals surface area (Å²) in [5, 5.41) is 10.9. The number of benzene rings is 1. The molecule has 5 fully saturated rings. The van der Waals surface area contributed by atoms with Gasteiger partial charge in [-0.3, -0.25) is 52.7 Å². The van der Waals surface area contributed by atoms with E-state index in [1.807, 2.05) is 6.92 Å². The number of nitrogens with one attached hydrogen (secondary N) is 4. The van der Waals surface area contributed by atoms with Crippen LogP contribution in [0.15, 0.2) is 18.2 Å². The number of carbonyl (C=O) groups is 11. The molecular weight excluding hydrogens is 1180 g/mol. The number of amides is 11. The smallest absolute Gasteiger partial charge is 0.351 e. The van der Waals surface area contributed by atoms with Crippen LogP contribution in [0.4, 0.5) is 13.2 Å². The predicted octanol–water partition coefficient (Wildman–Crippen LogP) is 4.67. The molecule has 22 nitrogen and oxygen atoms in total. The fraction of sp³-hybridized carbons (Fsp3) is 0.730. The zero-order valence-electron chi connectivity index (χ0n) is 53.9. The minimum Gasteiger partial charge on any atom is -0.351 e. The molecule has 3 saturated heterocycles. The number of hydrogen-bond acceptors (Lipinski definition) is 11. The van der Waals surface area contributed by atoms with E-state index in [0.29, 0.717) is 31.2 Å². The second-order valence-corrected chi connectivity index (χ2v) is 26.5. The van der Waals surface area contributed by atoms with E-state index in [1.165, 1.54) is 89.5 Å². The van der Waals surface area contributed by atoms with Crippen molar-refractivity contribution in [2.45, 2.75) is 224 Å². The highest BCUT2D eigenvalue weighted by molar-refractivity contribution is 6.31. The SMILES string of the molecule is CCC(C)[C@@H]1NC(=O)[C@H](C)N(C)C(=O)C[C@@H](C)NC(=O)[C@H](C(C)C)N(C)C(=O)C2(CCCC2)NC(=O)[C@@H]2CCCN2C(=O)[C@H](CCc2ccc(C(F)(F)F)c(Cl)c2)NC(=O)[C@@H](C)N(C)C(=O)[C@H](CC2CCCCC2)N(C)C(=O)CN(C)C(=O)[C@@H]2CCN2C1=O. The summed E-state index contributed by atoms with van der Waals surface area (Å²) in [7, 11) is 7.18. The molecule has 6 rings (SSSR count). The number of fused-ring (bicyclic) bond motifs is 2. The summed E-state index contributed by atoms with van der Waals surface area (Å²) in [6.45, 7) is 11.5. The van der Waals surface area contributed by atoms with Crippen LogP contribution in [0.25, 0.3) is 0 Å². The molecule has 3 heterocycles. The highest BCUT2D eigenvalue weighted by Crippen LogP contribution is 2.37. The van der Waals surface area contributed by atoms with Gasteiger partial charge in [-0.25, -0.2) is 0 Å². The second-order valence-electron chi connectivity index (χ2n) is 26.1. The molecule has 1 aromatic rings. The minimum absolute atomic E-state index is 0.0316. The van der Waals surface area contributed by atoms with Crippen molar-refractivity contribution in [3.05, 3.63) is 34.3 Å². The van der Waals surface area contributed by atoms with Crippen LogP contribution < -0.4 is 21.3 Å². The van der Waals surface area contributed by atoms with Crippen LogP contribution in [0.2, 0.25) is 5.02 Å². The summed E-state index contributed by atoms with van der Waals surface area (Å²) < 4.78 is 41.4. The summed E-state index contributed by atoms with van der Waals surface area (Å²) in [5.41, 5.74) is -2.25. The van der Waals surface area contributed by atoms with Gasteiger partial charge in [0.15, 0.2) is 0 Å².